The van der Waals surface area contributed by atoms with Gasteiger partial charge in [-0.1, -0.05) is 27.7 Å². The summed E-state index contributed by atoms with van der Waals surface area (Å²) in [7, 11) is -4.16. The molecule has 32 heavy (non-hydrogen) atoms. The summed E-state index contributed by atoms with van der Waals surface area (Å²) in [5.74, 6) is -1.29. The van der Waals surface area contributed by atoms with Crippen LogP contribution in [0.25, 0.3) is 0 Å². The first-order chi connectivity index (χ1) is 15.0. The molecule has 13 heteroatoms. The first kappa shape index (κ1) is 22.6. The highest BCUT2D eigenvalue weighted by molar-refractivity contribution is 7.97. The maximum absolute atomic E-state index is 12.7. The molecule has 0 saturated carbocycles. The standard InChI is InChI=1S/C19H16F3N3O5S2/c20-19(21,22)14-4-6-16(31-14)32(29,30)23-8-10-1-2-12-11(7-10)9-25(18(12)28)13-3-5-15(26)24-17(13)27/h1-2,4,6-7,13H,3,5,8-9H2,(H2-,23,24,26,27,29,30). The minimum absolute atomic E-state index is 0.126. The molecule has 170 valence electrons. The fourth-order valence-electron chi connectivity index (χ4n) is 3.60. The van der Waals surface area contributed by atoms with Crippen molar-refractivity contribution < 1.29 is 36.3 Å². The largest absolute Gasteiger partial charge is 0.592 e. The number of thiophene rings is 1. The number of carbonyl (C=O) groups excluding carboxylic acids is 3. The number of piperidine rings is 1. The molecule has 0 bridgehead atoms. The van der Waals surface area contributed by atoms with Crippen molar-refractivity contribution in [3.05, 3.63) is 51.9 Å². The predicted molar refractivity (Wildman–Crippen MR) is 106 cm³/mol. The molecule has 1 saturated heterocycles. The van der Waals surface area contributed by atoms with Gasteiger partial charge in [0.15, 0.2) is 10.4 Å². The molecule has 1 aromatic carbocycles. The van der Waals surface area contributed by atoms with Crippen LogP contribution >= 0.6 is 11.3 Å². The third-order valence-corrected chi connectivity index (χ3v) is 8.20. The lowest BCUT2D eigenvalue weighted by atomic mass is 10.0. The van der Waals surface area contributed by atoms with Crippen LogP contribution in [0.1, 0.15) is 39.2 Å². The molecule has 8 nitrogen and oxygen atoms in total. The Kier molecular flexibility index (Phi) is 5.69. The molecule has 0 radical (unpaired) electrons. The number of amides is 3. The van der Waals surface area contributed by atoms with Crippen molar-refractivity contribution >= 4 is 39.5 Å². The highest BCUT2D eigenvalue weighted by Gasteiger charge is 2.39. The number of rotatable bonds is 5. The Morgan fingerprint density at radius 3 is 2.62 bits per heavy atom. The summed E-state index contributed by atoms with van der Waals surface area (Å²) in [5.41, 5.74) is 1.46. The van der Waals surface area contributed by atoms with Gasteiger partial charge >= 0.3 is 6.18 Å². The Morgan fingerprint density at radius 2 is 1.97 bits per heavy atom. The van der Waals surface area contributed by atoms with Crippen molar-refractivity contribution in [2.75, 3.05) is 0 Å². The zero-order valence-corrected chi connectivity index (χ0v) is 17.9. The number of hydrogen-bond donors (Lipinski definition) is 2. The van der Waals surface area contributed by atoms with E-state index in [-0.39, 0.29) is 43.2 Å². The summed E-state index contributed by atoms with van der Waals surface area (Å²) in [6, 6.07) is 5.50. The van der Waals surface area contributed by atoms with Gasteiger partial charge in [0, 0.05) is 24.6 Å². The molecular formula is C19H16F3N3O5S2. The number of carbonyl (C=O) groups is 3. The van der Waals surface area contributed by atoms with E-state index in [0.29, 0.717) is 22.8 Å². The highest BCUT2D eigenvalue weighted by Crippen LogP contribution is 2.37. The van der Waals surface area contributed by atoms with Gasteiger partial charge in [-0.25, -0.2) is 0 Å². The second-order valence-corrected chi connectivity index (χ2v) is 10.4. The Hall–Kier alpha value is -2.61. The van der Waals surface area contributed by atoms with Crippen molar-refractivity contribution in [1.82, 2.24) is 14.9 Å². The molecule has 2 aromatic rings. The Balaban J connectivity index is 1.45. The molecule has 3 amide bonds. The third-order valence-electron chi connectivity index (χ3n) is 5.18. The quantitative estimate of drug-likeness (QED) is 0.495. The summed E-state index contributed by atoms with van der Waals surface area (Å²) in [5, 5.41) is 2.21. The molecule has 1 aromatic heterocycles. The summed E-state index contributed by atoms with van der Waals surface area (Å²) < 4.78 is 64.7. The van der Waals surface area contributed by atoms with Gasteiger partial charge in [0.05, 0.1) is 6.54 Å². The summed E-state index contributed by atoms with van der Waals surface area (Å²) in [6.45, 7) is -0.0671. The van der Waals surface area contributed by atoms with Gasteiger partial charge < -0.3 is 9.45 Å². The van der Waals surface area contributed by atoms with Crippen LogP contribution in [0.5, 0.6) is 0 Å². The van der Waals surface area contributed by atoms with E-state index in [1.54, 1.807) is 6.07 Å². The van der Waals surface area contributed by atoms with E-state index >= 15 is 0 Å². The fraction of sp³-hybridized carbons (Fsp3) is 0.316. The number of nitrogens with zero attached hydrogens (tertiary/aromatic N) is 1. The van der Waals surface area contributed by atoms with Gasteiger partial charge in [0.25, 0.3) is 5.91 Å². The van der Waals surface area contributed by atoms with E-state index in [4.69, 9.17) is 0 Å². The van der Waals surface area contributed by atoms with Gasteiger partial charge in [-0.15, -0.1) is 4.72 Å². The molecule has 4 rings (SSSR count). The predicted octanol–water partition coefficient (Wildman–Crippen LogP) is 2.22. The van der Waals surface area contributed by atoms with Crippen LogP contribution in [-0.4, -0.2) is 33.2 Å². The molecule has 1 fully saturated rings. The number of imide groups is 1. The summed E-state index contributed by atoms with van der Waals surface area (Å²) in [6.07, 6.45) is -4.28. The second kappa shape index (κ2) is 8.06. The molecule has 3 heterocycles. The lowest BCUT2D eigenvalue weighted by Crippen LogP contribution is -2.52. The van der Waals surface area contributed by atoms with Gasteiger partial charge in [0.1, 0.15) is 10.9 Å². The van der Waals surface area contributed by atoms with Crippen LogP contribution in [0.3, 0.4) is 0 Å². The normalized spacial score (nSPS) is 20.8. The van der Waals surface area contributed by atoms with Crippen molar-refractivity contribution in [3.8, 4) is 0 Å². The minimum atomic E-state index is -4.63. The maximum atomic E-state index is 12.7. The van der Waals surface area contributed by atoms with Gasteiger partial charge in [-0.2, -0.15) is 13.2 Å². The molecule has 2 aliphatic rings. The van der Waals surface area contributed by atoms with Crippen LogP contribution in [0, 0.1) is 0 Å². The Labute approximate surface area is 185 Å². The number of fused-ring (bicyclic) bond motifs is 1. The zero-order chi connectivity index (χ0) is 23.3. The number of nitrogens with one attached hydrogen (secondary N) is 2. The number of hydrogen-bond acceptors (Lipinski definition) is 6. The summed E-state index contributed by atoms with van der Waals surface area (Å²) >= 11 is 0.130. The smallest absolute Gasteiger partial charge is 0.425 e. The molecule has 2 unspecified atom stereocenters. The SMILES string of the molecule is O=C1CCC(N2Cc3cc(CN[S+](=O)([O-])c4ccc(C(F)(F)F)s4)ccc3C2=O)C(=O)N1. The maximum Gasteiger partial charge on any atom is 0.425 e. The number of alkyl halides is 3. The van der Waals surface area contributed by atoms with E-state index in [9.17, 15) is 36.3 Å². The molecular weight excluding hydrogens is 471 g/mol. The zero-order valence-electron chi connectivity index (χ0n) is 16.2. The third kappa shape index (κ3) is 4.33. The summed E-state index contributed by atoms with van der Waals surface area (Å²) in [4.78, 5) is 36.5. The molecule has 0 spiro atoms. The van der Waals surface area contributed by atoms with Gasteiger partial charge in [-0.05, 0) is 29.7 Å². The number of benzene rings is 1. The Morgan fingerprint density at radius 1 is 1.22 bits per heavy atom. The molecule has 2 atom stereocenters. The molecule has 2 aliphatic heterocycles. The van der Waals surface area contributed by atoms with E-state index in [1.165, 1.54) is 17.0 Å². The minimum Gasteiger partial charge on any atom is -0.592 e. The number of halogens is 3. The fourth-order valence-corrected chi connectivity index (χ4v) is 5.84. The second-order valence-electron chi connectivity index (χ2n) is 7.33. The highest BCUT2D eigenvalue weighted by atomic mass is 32.3. The lowest BCUT2D eigenvalue weighted by molar-refractivity contribution is -0.137. The van der Waals surface area contributed by atoms with Crippen molar-refractivity contribution in [1.29, 1.82) is 0 Å². The van der Waals surface area contributed by atoms with Crippen LogP contribution in [0.4, 0.5) is 13.2 Å². The lowest BCUT2D eigenvalue weighted by Gasteiger charge is -2.29. The van der Waals surface area contributed by atoms with Crippen molar-refractivity contribution in [3.63, 3.8) is 0 Å². The first-order valence-corrected chi connectivity index (χ1v) is 11.7. The average molecular weight is 487 g/mol. The van der Waals surface area contributed by atoms with Gasteiger partial charge in [-0.3, -0.25) is 19.7 Å². The molecule has 2 N–H and O–H groups in total. The van der Waals surface area contributed by atoms with Crippen LogP contribution < -0.4 is 10.0 Å². The average Bonchev–Trinajstić information content (AvgIpc) is 3.33. The molecule has 0 aliphatic carbocycles. The monoisotopic (exact) mass is 487 g/mol. The van der Waals surface area contributed by atoms with Crippen LogP contribution in [0.15, 0.2) is 34.5 Å². The van der Waals surface area contributed by atoms with E-state index < -0.39 is 43.5 Å². The van der Waals surface area contributed by atoms with E-state index in [0.717, 1.165) is 6.07 Å². The van der Waals surface area contributed by atoms with E-state index in [2.05, 4.69) is 10.0 Å². The van der Waals surface area contributed by atoms with Gasteiger partial charge in [0.2, 0.25) is 16.0 Å². The van der Waals surface area contributed by atoms with Crippen LogP contribution in [0.2, 0.25) is 0 Å². The van der Waals surface area contributed by atoms with Crippen molar-refractivity contribution in [2.45, 2.75) is 42.4 Å². The topological polar surface area (TPSA) is 119 Å². The Bertz CT molecular complexity index is 1160. The van der Waals surface area contributed by atoms with Crippen LogP contribution in [-0.2, 0) is 43.5 Å². The first-order valence-electron chi connectivity index (χ1n) is 9.39. The van der Waals surface area contributed by atoms with Crippen molar-refractivity contribution in [2.24, 2.45) is 0 Å². The number of sulfonamides is 1. The van der Waals surface area contributed by atoms with E-state index in [1.807, 2.05) is 0 Å².